The van der Waals surface area contributed by atoms with E-state index in [0.29, 0.717) is 0 Å². The second kappa shape index (κ2) is 5.57. The van der Waals surface area contributed by atoms with Gasteiger partial charge in [-0.25, -0.2) is 9.97 Å². The molecule has 2 rings (SSSR count). The van der Waals surface area contributed by atoms with Crippen LogP contribution in [0.5, 0.6) is 0 Å². The van der Waals surface area contributed by atoms with Crippen molar-refractivity contribution in [1.29, 1.82) is 5.26 Å². The molecular weight excluding hydrogens is 269 g/mol. The summed E-state index contributed by atoms with van der Waals surface area (Å²) in [6.45, 7) is -0.0942. The number of nitrogens with zero attached hydrogens (tertiary/aromatic N) is 3. The fraction of sp³-hybridized carbons (Fsp3) is 0.154. The van der Waals surface area contributed by atoms with E-state index in [9.17, 15) is 13.2 Å². The Bertz CT molecular complexity index is 647. The van der Waals surface area contributed by atoms with E-state index < -0.39 is 11.7 Å². The van der Waals surface area contributed by atoms with Crippen molar-refractivity contribution in [2.24, 2.45) is 0 Å². The van der Waals surface area contributed by atoms with E-state index in [1.54, 1.807) is 0 Å². The number of rotatable bonds is 3. The molecule has 0 unspecified atom stereocenters. The molecule has 7 heteroatoms. The van der Waals surface area contributed by atoms with Crippen LogP contribution in [0.1, 0.15) is 16.8 Å². The molecule has 0 aliphatic heterocycles. The Balaban J connectivity index is 2.22. The standard InChI is InChI=1S/C13H9F3N4/c14-13(15,16)10-4-2-1-3-9(10)8-20-12-11(7-17)18-5-6-19-12/h1-6H,8H2,(H,19,20). The first-order chi connectivity index (χ1) is 9.52. The minimum atomic E-state index is -4.42. The lowest BCUT2D eigenvalue weighted by Crippen LogP contribution is -2.12. The van der Waals surface area contributed by atoms with E-state index in [1.165, 1.54) is 30.6 Å². The van der Waals surface area contributed by atoms with Crippen molar-refractivity contribution in [1.82, 2.24) is 9.97 Å². The third-order valence-corrected chi connectivity index (χ3v) is 2.57. The van der Waals surface area contributed by atoms with E-state index in [-0.39, 0.29) is 23.6 Å². The highest BCUT2D eigenvalue weighted by molar-refractivity contribution is 5.47. The molecule has 0 aliphatic carbocycles. The second-order valence-corrected chi connectivity index (χ2v) is 3.87. The van der Waals surface area contributed by atoms with E-state index in [0.717, 1.165) is 6.07 Å². The molecule has 0 saturated heterocycles. The van der Waals surface area contributed by atoms with E-state index in [1.807, 2.05) is 6.07 Å². The topological polar surface area (TPSA) is 61.6 Å². The summed E-state index contributed by atoms with van der Waals surface area (Å²) in [7, 11) is 0. The Kier molecular flexibility index (Phi) is 3.84. The normalized spacial score (nSPS) is 10.9. The van der Waals surface area contributed by atoms with E-state index in [4.69, 9.17) is 5.26 Å². The molecule has 0 fully saturated rings. The van der Waals surface area contributed by atoms with Crippen molar-refractivity contribution < 1.29 is 13.2 Å². The number of halogens is 3. The lowest BCUT2D eigenvalue weighted by Gasteiger charge is -2.13. The number of nitriles is 1. The Labute approximate surface area is 112 Å². The van der Waals surface area contributed by atoms with Gasteiger partial charge in [-0.05, 0) is 11.6 Å². The highest BCUT2D eigenvalue weighted by Gasteiger charge is 2.32. The molecule has 0 atom stereocenters. The summed E-state index contributed by atoms with van der Waals surface area (Å²) in [6.07, 6.45) is -1.72. The summed E-state index contributed by atoms with van der Waals surface area (Å²) in [4.78, 5) is 7.65. The van der Waals surface area contributed by atoms with Gasteiger partial charge >= 0.3 is 6.18 Å². The van der Waals surface area contributed by atoms with Crippen LogP contribution in [0.4, 0.5) is 19.0 Å². The Morgan fingerprint density at radius 1 is 1.15 bits per heavy atom. The summed E-state index contributed by atoms with van der Waals surface area (Å²) < 4.78 is 38.4. The van der Waals surface area contributed by atoms with Gasteiger partial charge in [0.15, 0.2) is 11.5 Å². The fourth-order valence-electron chi connectivity index (χ4n) is 1.68. The first kappa shape index (κ1) is 13.8. The van der Waals surface area contributed by atoms with Crippen molar-refractivity contribution in [3.63, 3.8) is 0 Å². The minimum Gasteiger partial charge on any atom is -0.364 e. The van der Waals surface area contributed by atoms with Crippen LogP contribution in [0, 0.1) is 11.3 Å². The monoisotopic (exact) mass is 278 g/mol. The third-order valence-electron chi connectivity index (χ3n) is 2.57. The lowest BCUT2D eigenvalue weighted by molar-refractivity contribution is -0.138. The average molecular weight is 278 g/mol. The molecular formula is C13H9F3N4. The molecule has 1 aromatic heterocycles. The van der Waals surface area contributed by atoms with E-state index >= 15 is 0 Å². The van der Waals surface area contributed by atoms with Crippen LogP contribution < -0.4 is 5.32 Å². The van der Waals surface area contributed by atoms with Crippen LogP contribution >= 0.6 is 0 Å². The highest BCUT2D eigenvalue weighted by Crippen LogP contribution is 2.32. The van der Waals surface area contributed by atoms with Crippen molar-refractivity contribution in [3.8, 4) is 6.07 Å². The molecule has 0 spiro atoms. The molecule has 0 saturated carbocycles. The van der Waals surface area contributed by atoms with Crippen LogP contribution in [0.3, 0.4) is 0 Å². The molecule has 0 aliphatic rings. The summed E-state index contributed by atoms with van der Waals surface area (Å²) in [6, 6.07) is 7.06. The van der Waals surface area contributed by atoms with Gasteiger partial charge in [-0.2, -0.15) is 18.4 Å². The zero-order valence-corrected chi connectivity index (χ0v) is 10.1. The molecule has 20 heavy (non-hydrogen) atoms. The number of anilines is 1. The number of nitrogens with one attached hydrogen (secondary N) is 1. The summed E-state index contributed by atoms with van der Waals surface area (Å²) >= 11 is 0. The number of benzene rings is 1. The third kappa shape index (κ3) is 3.03. The van der Waals surface area contributed by atoms with Crippen LogP contribution in [0.2, 0.25) is 0 Å². The molecule has 1 heterocycles. The average Bonchev–Trinajstić information content (AvgIpc) is 2.44. The predicted molar refractivity (Wildman–Crippen MR) is 65.5 cm³/mol. The first-order valence-corrected chi connectivity index (χ1v) is 5.62. The SMILES string of the molecule is N#Cc1nccnc1NCc1ccccc1C(F)(F)F. The molecule has 4 nitrogen and oxygen atoms in total. The molecule has 0 radical (unpaired) electrons. The van der Waals surface area contributed by atoms with Gasteiger partial charge in [0.2, 0.25) is 0 Å². The van der Waals surface area contributed by atoms with Gasteiger partial charge in [-0.3, -0.25) is 0 Å². The molecule has 1 aromatic carbocycles. The summed E-state index contributed by atoms with van der Waals surface area (Å²) in [5, 5.41) is 11.5. The maximum absolute atomic E-state index is 12.8. The summed E-state index contributed by atoms with van der Waals surface area (Å²) in [5.74, 6) is 0.159. The van der Waals surface area contributed by atoms with Crippen LogP contribution in [0.25, 0.3) is 0 Å². The van der Waals surface area contributed by atoms with Crippen LogP contribution in [0.15, 0.2) is 36.7 Å². The smallest absolute Gasteiger partial charge is 0.364 e. The van der Waals surface area contributed by atoms with Gasteiger partial charge in [0, 0.05) is 18.9 Å². The summed E-state index contributed by atoms with van der Waals surface area (Å²) in [5.41, 5.74) is -0.596. The van der Waals surface area contributed by atoms with Crippen molar-refractivity contribution >= 4 is 5.82 Å². The van der Waals surface area contributed by atoms with E-state index in [2.05, 4.69) is 15.3 Å². The maximum atomic E-state index is 12.8. The van der Waals surface area contributed by atoms with Crippen LogP contribution in [-0.2, 0) is 12.7 Å². The molecule has 0 bridgehead atoms. The second-order valence-electron chi connectivity index (χ2n) is 3.87. The highest BCUT2D eigenvalue weighted by atomic mass is 19.4. The number of aromatic nitrogens is 2. The van der Waals surface area contributed by atoms with Crippen LogP contribution in [-0.4, -0.2) is 9.97 Å². The van der Waals surface area contributed by atoms with Gasteiger partial charge in [0.1, 0.15) is 6.07 Å². The Hall–Kier alpha value is -2.62. The fourth-order valence-corrected chi connectivity index (χ4v) is 1.68. The van der Waals surface area contributed by atoms with Gasteiger partial charge in [-0.15, -0.1) is 0 Å². The molecule has 1 N–H and O–H groups in total. The van der Waals surface area contributed by atoms with Crippen molar-refractivity contribution in [2.45, 2.75) is 12.7 Å². The molecule has 102 valence electrons. The van der Waals surface area contributed by atoms with Gasteiger partial charge < -0.3 is 5.32 Å². The lowest BCUT2D eigenvalue weighted by atomic mass is 10.1. The number of alkyl halides is 3. The quantitative estimate of drug-likeness (QED) is 0.937. The van der Waals surface area contributed by atoms with Gasteiger partial charge in [-0.1, -0.05) is 18.2 Å². The van der Waals surface area contributed by atoms with Gasteiger partial charge in [0.05, 0.1) is 5.56 Å². The minimum absolute atomic E-state index is 0.0389. The predicted octanol–water partition coefficient (Wildman–Crippen LogP) is 2.98. The maximum Gasteiger partial charge on any atom is 0.416 e. The number of hydrogen-bond donors (Lipinski definition) is 1. The van der Waals surface area contributed by atoms with Crippen molar-refractivity contribution in [3.05, 3.63) is 53.5 Å². The molecule has 0 amide bonds. The zero-order chi connectivity index (χ0) is 14.6. The Morgan fingerprint density at radius 2 is 1.85 bits per heavy atom. The number of hydrogen-bond acceptors (Lipinski definition) is 4. The zero-order valence-electron chi connectivity index (χ0n) is 10.1. The first-order valence-electron chi connectivity index (χ1n) is 5.62. The van der Waals surface area contributed by atoms with Gasteiger partial charge in [0.25, 0.3) is 0 Å². The largest absolute Gasteiger partial charge is 0.416 e. The Morgan fingerprint density at radius 3 is 2.55 bits per heavy atom. The van der Waals surface area contributed by atoms with Crippen molar-refractivity contribution in [2.75, 3.05) is 5.32 Å². The molecule has 2 aromatic rings.